The first-order valence-electron chi connectivity index (χ1n) is 4.67. The minimum atomic E-state index is -0.250. The van der Waals surface area contributed by atoms with Crippen molar-refractivity contribution in [1.29, 1.82) is 0 Å². The number of nitrogens with zero attached hydrogens (tertiary/aromatic N) is 5. The van der Waals surface area contributed by atoms with E-state index in [1.807, 2.05) is 6.92 Å². The summed E-state index contributed by atoms with van der Waals surface area (Å²) in [4.78, 5) is 17.3. The van der Waals surface area contributed by atoms with Crippen molar-refractivity contribution in [2.45, 2.75) is 19.6 Å². The predicted octanol–water partition coefficient (Wildman–Crippen LogP) is -0.776. The zero-order valence-electron chi connectivity index (χ0n) is 8.57. The van der Waals surface area contributed by atoms with Gasteiger partial charge in [-0.1, -0.05) is 0 Å². The van der Waals surface area contributed by atoms with E-state index in [1.165, 1.54) is 23.3 Å². The van der Waals surface area contributed by atoms with Gasteiger partial charge in [0.05, 0.1) is 6.54 Å². The van der Waals surface area contributed by atoms with E-state index in [0.29, 0.717) is 6.54 Å². The number of rotatable bonds is 4. The summed E-state index contributed by atoms with van der Waals surface area (Å²) in [5.74, 6) is 0. The molecule has 8 nitrogen and oxygen atoms in total. The standard InChI is InChI=1S/C8H10N6O2/c1-6(4-14-5-10-12-13-14)16-8-9-3-2-7(15)11-8/h2-3,5-6H,4H2,1H3,(H,9,11,15)/t6-/m0/s1. The minimum Gasteiger partial charge on any atom is -0.460 e. The molecule has 2 rings (SSSR count). The Morgan fingerprint density at radius 2 is 2.50 bits per heavy atom. The number of hydrogen-bond acceptors (Lipinski definition) is 6. The van der Waals surface area contributed by atoms with Crippen molar-refractivity contribution < 1.29 is 4.74 Å². The highest BCUT2D eigenvalue weighted by molar-refractivity contribution is 4.94. The number of ether oxygens (including phenoxy) is 1. The minimum absolute atomic E-state index is 0.188. The topological polar surface area (TPSA) is 98.6 Å². The predicted molar refractivity (Wildman–Crippen MR) is 52.8 cm³/mol. The van der Waals surface area contributed by atoms with Gasteiger partial charge < -0.3 is 4.74 Å². The molecule has 0 saturated heterocycles. The number of aromatic amines is 1. The molecule has 0 aromatic carbocycles. The van der Waals surface area contributed by atoms with Crippen LogP contribution in [0.15, 0.2) is 23.4 Å². The maximum atomic E-state index is 11.0. The first-order valence-corrected chi connectivity index (χ1v) is 4.67. The molecule has 2 aromatic rings. The van der Waals surface area contributed by atoms with Gasteiger partial charge in [-0.05, 0) is 17.4 Å². The molecule has 1 atom stereocenters. The molecule has 0 unspecified atom stereocenters. The van der Waals surface area contributed by atoms with Crippen LogP contribution in [0, 0.1) is 0 Å². The lowest BCUT2D eigenvalue weighted by Crippen LogP contribution is -2.22. The summed E-state index contributed by atoms with van der Waals surface area (Å²) in [7, 11) is 0. The average Bonchev–Trinajstić information content (AvgIpc) is 2.70. The summed E-state index contributed by atoms with van der Waals surface area (Å²) in [5, 5.41) is 10.7. The number of hydrogen-bond donors (Lipinski definition) is 1. The number of aromatic nitrogens is 6. The summed E-state index contributed by atoms with van der Waals surface area (Å²) in [6, 6.07) is 1.51. The van der Waals surface area contributed by atoms with Gasteiger partial charge in [0.1, 0.15) is 12.4 Å². The van der Waals surface area contributed by atoms with Crippen LogP contribution >= 0.6 is 0 Å². The molecule has 0 amide bonds. The molecule has 0 aliphatic carbocycles. The molecule has 16 heavy (non-hydrogen) atoms. The molecule has 0 aliphatic rings. The highest BCUT2D eigenvalue weighted by Gasteiger charge is 2.07. The fourth-order valence-corrected chi connectivity index (χ4v) is 1.17. The summed E-state index contributed by atoms with van der Waals surface area (Å²) in [6.45, 7) is 2.31. The highest BCUT2D eigenvalue weighted by atomic mass is 16.5. The van der Waals surface area contributed by atoms with E-state index < -0.39 is 0 Å². The summed E-state index contributed by atoms with van der Waals surface area (Å²) in [5.41, 5.74) is -0.250. The fraction of sp³-hybridized carbons (Fsp3) is 0.375. The van der Waals surface area contributed by atoms with E-state index in [4.69, 9.17) is 4.74 Å². The molecule has 0 radical (unpaired) electrons. The lowest BCUT2D eigenvalue weighted by Gasteiger charge is -2.11. The maximum Gasteiger partial charge on any atom is 0.296 e. The third-order valence-corrected chi connectivity index (χ3v) is 1.80. The van der Waals surface area contributed by atoms with Gasteiger partial charge >= 0.3 is 0 Å². The van der Waals surface area contributed by atoms with Crippen LogP contribution in [0.1, 0.15) is 6.92 Å². The molecular formula is C8H10N6O2. The van der Waals surface area contributed by atoms with Crippen LogP contribution in [0.2, 0.25) is 0 Å². The molecule has 8 heteroatoms. The van der Waals surface area contributed by atoms with E-state index in [9.17, 15) is 4.79 Å². The van der Waals surface area contributed by atoms with Gasteiger partial charge in [-0.2, -0.15) is 0 Å². The van der Waals surface area contributed by atoms with E-state index in [2.05, 4.69) is 25.5 Å². The van der Waals surface area contributed by atoms with Crippen LogP contribution in [-0.2, 0) is 6.54 Å². The van der Waals surface area contributed by atoms with Gasteiger partial charge in [0.2, 0.25) is 0 Å². The van der Waals surface area contributed by atoms with Crippen LogP contribution in [0.4, 0.5) is 0 Å². The number of nitrogens with one attached hydrogen (secondary N) is 1. The molecule has 0 bridgehead atoms. The van der Waals surface area contributed by atoms with Crippen molar-refractivity contribution >= 4 is 0 Å². The molecule has 0 spiro atoms. The fourth-order valence-electron chi connectivity index (χ4n) is 1.17. The van der Waals surface area contributed by atoms with Crippen LogP contribution in [0.5, 0.6) is 6.01 Å². The molecule has 0 saturated carbocycles. The van der Waals surface area contributed by atoms with Crippen molar-refractivity contribution in [3.8, 4) is 6.01 Å². The Kier molecular flexibility index (Phi) is 2.90. The zero-order chi connectivity index (χ0) is 11.4. The summed E-state index contributed by atoms with van der Waals surface area (Å²) in [6.07, 6.45) is 2.67. The third kappa shape index (κ3) is 2.62. The zero-order valence-corrected chi connectivity index (χ0v) is 8.57. The molecular weight excluding hydrogens is 212 g/mol. The van der Waals surface area contributed by atoms with Crippen LogP contribution < -0.4 is 10.3 Å². The van der Waals surface area contributed by atoms with Gasteiger partial charge in [0.25, 0.3) is 11.6 Å². The second kappa shape index (κ2) is 4.51. The van der Waals surface area contributed by atoms with Gasteiger partial charge in [-0.15, -0.1) is 5.10 Å². The molecule has 2 aromatic heterocycles. The first-order chi connectivity index (χ1) is 7.74. The molecule has 0 fully saturated rings. The van der Waals surface area contributed by atoms with E-state index >= 15 is 0 Å². The van der Waals surface area contributed by atoms with E-state index in [0.717, 1.165) is 0 Å². The molecule has 84 valence electrons. The van der Waals surface area contributed by atoms with E-state index in [-0.39, 0.29) is 17.7 Å². The average molecular weight is 222 g/mol. The smallest absolute Gasteiger partial charge is 0.296 e. The SMILES string of the molecule is C[C@@H](Cn1cnnn1)Oc1nccc(=O)[nH]1. The normalized spacial score (nSPS) is 12.3. The van der Waals surface area contributed by atoms with Gasteiger partial charge in [0.15, 0.2) is 0 Å². The monoisotopic (exact) mass is 222 g/mol. The number of tetrazole rings is 1. The van der Waals surface area contributed by atoms with Gasteiger partial charge in [0, 0.05) is 12.3 Å². The second-order valence-corrected chi connectivity index (χ2v) is 3.20. The van der Waals surface area contributed by atoms with Crippen molar-refractivity contribution in [2.24, 2.45) is 0 Å². The summed E-state index contributed by atoms with van der Waals surface area (Å²) >= 11 is 0. The van der Waals surface area contributed by atoms with Crippen molar-refractivity contribution in [1.82, 2.24) is 30.2 Å². The first kappa shape index (κ1) is 10.3. The molecule has 2 heterocycles. The Bertz CT molecular complexity index is 493. The highest BCUT2D eigenvalue weighted by Crippen LogP contribution is 2.01. The van der Waals surface area contributed by atoms with Gasteiger partial charge in [-0.3, -0.25) is 9.78 Å². The number of H-pyrrole nitrogens is 1. The largest absolute Gasteiger partial charge is 0.460 e. The maximum absolute atomic E-state index is 11.0. The molecule has 0 aliphatic heterocycles. The Morgan fingerprint density at radius 1 is 1.62 bits per heavy atom. The Labute approximate surface area is 90.3 Å². The second-order valence-electron chi connectivity index (χ2n) is 3.20. The quantitative estimate of drug-likeness (QED) is 0.728. The lowest BCUT2D eigenvalue weighted by molar-refractivity contribution is 0.176. The van der Waals surface area contributed by atoms with Crippen LogP contribution in [0.25, 0.3) is 0 Å². The Morgan fingerprint density at radius 3 is 3.19 bits per heavy atom. The Balaban J connectivity index is 1.97. The Hall–Kier alpha value is -2.25. The van der Waals surface area contributed by atoms with Crippen LogP contribution in [0.3, 0.4) is 0 Å². The third-order valence-electron chi connectivity index (χ3n) is 1.80. The summed E-state index contributed by atoms with van der Waals surface area (Å²) < 4.78 is 6.92. The van der Waals surface area contributed by atoms with Gasteiger partial charge in [-0.25, -0.2) is 9.67 Å². The van der Waals surface area contributed by atoms with Crippen molar-refractivity contribution in [3.05, 3.63) is 28.9 Å². The lowest BCUT2D eigenvalue weighted by atomic mass is 10.4. The van der Waals surface area contributed by atoms with Crippen molar-refractivity contribution in [2.75, 3.05) is 0 Å². The van der Waals surface area contributed by atoms with Crippen LogP contribution in [-0.4, -0.2) is 36.3 Å². The molecule has 1 N–H and O–H groups in total. The van der Waals surface area contributed by atoms with Crippen molar-refractivity contribution in [3.63, 3.8) is 0 Å². The van der Waals surface area contributed by atoms with E-state index in [1.54, 1.807) is 0 Å².